The zero-order valence-electron chi connectivity index (χ0n) is 16.1. The zero-order chi connectivity index (χ0) is 19.6. The molecule has 0 radical (unpaired) electrons. The highest BCUT2D eigenvalue weighted by atomic mass is 16.2. The van der Waals surface area contributed by atoms with Gasteiger partial charge in [-0.1, -0.05) is 60.7 Å². The van der Waals surface area contributed by atoms with E-state index in [9.17, 15) is 9.59 Å². The molecule has 1 saturated heterocycles. The second-order valence-electron chi connectivity index (χ2n) is 6.93. The molecule has 0 bridgehead atoms. The van der Waals surface area contributed by atoms with Crippen LogP contribution in [0.1, 0.15) is 11.1 Å². The number of nitrogens with zero attached hydrogens (tertiary/aromatic N) is 2. The van der Waals surface area contributed by atoms with Gasteiger partial charge in [0.1, 0.15) is 0 Å². The lowest BCUT2D eigenvalue weighted by Crippen LogP contribution is -2.50. The van der Waals surface area contributed by atoms with Crippen LogP contribution in [0.3, 0.4) is 0 Å². The van der Waals surface area contributed by atoms with Crippen LogP contribution in [0.5, 0.6) is 0 Å². The van der Waals surface area contributed by atoms with E-state index in [0.717, 1.165) is 25.1 Å². The van der Waals surface area contributed by atoms with Gasteiger partial charge in [0.25, 0.3) is 0 Å². The van der Waals surface area contributed by atoms with Gasteiger partial charge in [-0.2, -0.15) is 0 Å². The van der Waals surface area contributed by atoms with Crippen LogP contribution in [0.2, 0.25) is 0 Å². The average molecular weight is 377 g/mol. The Morgan fingerprint density at radius 1 is 0.893 bits per heavy atom. The van der Waals surface area contributed by atoms with Gasteiger partial charge < -0.3 is 10.2 Å². The van der Waals surface area contributed by atoms with Crippen LogP contribution >= 0.6 is 0 Å². The fourth-order valence-corrected chi connectivity index (χ4v) is 3.21. The number of amides is 2. The van der Waals surface area contributed by atoms with Crippen LogP contribution in [-0.2, 0) is 16.0 Å². The Balaban J connectivity index is 1.35. The lowest BCUT2D eigenvalue weighted by atomic mass is 10.1. The summed E-state index contributed by atoms with van der Waals surface area (Å²) in [6.07, 6.45) is 4.30. The third-order valence-corrected chi connectivity index (χ3v) is 4.85. The Morgan fingerprint density at radius 3 is 2.21 bits per heavy atom. The van der Waals surface area contributed by atoms with Crippen molar-refractivity contribution in [3.63, 3.8) is 0 Å². The lowest BCUT2D eigenvalue weighted by Gasteiger charge is -2.33. The molecule has 0 saturated carbocycles. The number of carbonyl (C=O) groups is 2. The summed E-state index contributed by atoms with van der Waals surface area (Å²) in [5.74, 6) is 0.0653. The molecule has 0 aromatic heterocycles. The Bertz CT molecular complexity index is 782. The average Bonchev–Trinajstić information content (AvgIpc) is 2.74. The monoisotopic (exact) mass is 377 g/mol. The van der Waals surface area contributed by atoms with E-state index in [4.69, 9.17) is 0 Å². The Kier molecular flexibility index (Phi) is 7.38. The SMILES string of the molecule is O=C(CN1CCN(C(=O)/C=C/c2ccccc2)CC1)NCCc1ccccc1. The van der Waals surface area contributed by atoms with E-state index < -0.39 is 0 Å². The molecule has 0 atom stereocenters. The molecular formula is C23H27N3O2. The van der Waals surface area contributed by atoms with Crippen molar-refractivity contribution in [2.24, 2.45) is 0 Å². The number of nitrogens with one attached hydrogen (secondary N) is 1. The summed E-state index contributed by atoms with van der Waals surface area (Å²) in [5, 5.41) is 2.98. The minimum atomic E-state index is 0.0239. The molecule has 2 amide bonds. The lowest BCUT2D eigenvalue weighted by molar-refractivity contribution is -0.128. The molecule has 1 aliphatic heterocycles. The maximum atomic E-state index is 12.3. The van der Waals surface area contributed by atoms with Gasteiger partial charge in [0.2, 0.25) is 11.8 Å². The van der Waals surface area contributed by atoms with Crippen LogP contribution < -0.4 is 5.32 Å². The zero-order valence-corrected chi connectivity index (χ0v) is 16.1. The number of hydrogen-bond donors (Lipinski definition) is 1. The normalized spacial score (nSPS) is 14.9. The molecule has 1 fully saturated rings. The quantitative estimate of drug-likeness (QED) is 0.753. The summed E-state index contributed by atoms with van der Waals surface area (Å²) in [6.45, 7) is 3.76. The van der Waals surface area contributed by atoms with Gasteiger partial charge in [-0.25, -0.2) is 0 Å². The van der Waals surface area contributed by atoms with E-state index >= 15 is 0 Å². The van der Waals surface area contributed by atoms with Crippen LogP contribution in [-0.4, -0.2) is 60.9 Å². The highest BCUT2D eigenvalue weighted by Crippen LogP contribution is 2.06. The molecule has 5 heteroatoms. The summed E-state index contributed by atoms with van der Waals surface area (Å²) in [4.78, 5) is 28.4. The predicted molar refractivity (Wildman–Crippen MR) is 112 cm³/mol. The summed E-state index contributed by atoms with van der Waals surface area (Å²) in [5.41, 5.74) is 2.24. The van der Waals surface area contributed by atoms with Gasteiger partial charge in [-0.15, -0.1) is 0 Å². The third-order valence-electron chi connectivity index (χ3n) is 4.85. The molecule has 3 rings (SSSR count). The van der Waals surface area contributed by atoms with Crippen LogP contribution in [0, 0.1) is 0 Å². The standard InChI is InChI=1S/C23H27N3O2/c27-22(24-14-13-21-9-5-2-6-10-21)19-25-15-17-26(18-16-25)23(28)12-11-20-7-3-1-4-8-20/h1-12H,13-19H2,(H,24,27)/b12-11+. The van der Waals surface area contributed by atoms with Crippen molar-refractivity contribution >= 4 is 17.9 Å². The molecule has 0 aliphatic carbocycles. The summed E-state index contributed by atoms with van der Waals surface area (Å²) in [7, 11) is 0. The van der Waals surface area contributed by atoms with Gasteiger partial charge in [-0.3, -0.25) is 14.5 Å². The molecule has 1 heterocycles. The van der Waals surface area contributed by atoms with E-state index in [1.807, 2.05) is 59.5 Å². The van der Waals surface area contributed by atoms with Crippen molar-refractivity contribution in [1.29, 1.82) is 0 Å². The molecular weight excluding hydrogens is 350 g/mol. The highest BCUT2D eigenvalue weighted by molar-refractivity contribution is 5.91. The molecule has 28 heavy (non-hydrogen) atoms. The Hall–Kier alpha value is -2.92. The number of hydrogen-bond acceptors (Lipinski definition) is 3. The summed E-state index contributed by atoms with van der Waals surface area (Å²) in [6, 6.07) is 19.9. The first-order valence-corrected chi connectivity index (χ1v) is 9.76. The minimum absolute atomic E-state index is 0.0239. The van der Waals surface area contributed by atoms with E-state index in [0.29, 0.717) is 26.2 Å². The Labute approximate surface area is 166 Å². The van der Waals surface area contributed by atoms with Gasteiger partial charge in [0.15, 0.2) is 0 Å². The first kappa shape index (κ1) is 19.8. The molecule has 146 valence electrons. The van der Waals surface area contributed by atoms with Crippen molar-refractivity contribution in [3.8, 4) is 0 Å². The molecule has 2 aromatic carbocycles. The van der Waals surface area contributed by atoms with Gasteiger partial charge >= 0.3 is 0 Å². The summed E-state index contributed by atoms with van der Waals surface area (Å²) >= 11 is 0. The van der Waals surface area contributed by atoms with Crippen molar-refractivity contribution in [2.75, 3.05) is 39.3 Å². The van der Waals surface area contributed by atoms with Crippen LogP contribution in [0.4, 0.5) is 0 Å². The largest absolute Gasteiger partial charge is 0.355 e. The van der Waals surface area contributed by atoms with E-state index in [1.54, 1.807) is 6.08 Å². The topological polar surface area (TPSA) is 52.7 Å². The maximum absolute atomic E-state index is 12.3. The number of carbonyl (C=O) groups excluding carboxylic acids is 2. The van der Waals surface area contributed by atoms with Crippen molar-refractivity contribution < 1.29 is 9.59 Å². The second-order valence-corrected chi connectivity index (χ2v) is 6.93. The predicted octanol–water partition coefficient (Wildman–Crippen LogP) is 2.20. The fraction of sp³-hybridized carbons (Fsp3) is 0.304. The number of piperazine rings is 1. The van der Waals surface area contributed by atoms with Gasteiger partial charge in [0, 0.05) is 38.8 Å². The first-order chi connectivity index (χ1) is 13.7. The van der Waals surface area contributed by atoms with Gasteiger partial charge in [0.05, 0.1) is 6.54 Å². The highest BCUT2D eigenvalue weighted by Gasteiger charge is 2.21. The Morgan fingerprint density at radius 2 is 1.54 bits per heavy atom. The van der Waals surface area contributed by atoms with E-state index in [-0.39, 0.29) is 11.8 Å². The number of rotatable bonds is 7. The van der Waals surface area contributed by atoms with Crippen LogP contribution in [0.25, 0.3) is 6.08 Å². The van der Waals surface area contributed by atoms with E-state index in [1.165, 1.54) is 5.56 Å². The minimum Gasteiger partial charge on any atom is -0.355 e. The van der Waals surface area contributed by atoms with E-state index in [2.05, 4.69) is 22.3 Å². The molecule has 1 aliphatic rings. The van der Waals surface area contributed by atoms with Crippen molar-refractivity contribution in [2.45, 2.75) is 6.42 Å². The molecule has 5 nitrogen and oxygen atoms in total. The molecule has 0 spiro atoms. The number of benzene rings is 2. The van der Waals surface area contributed by atoms with Gasteiger partial charge in [-0.05, 0) is 23.6 Å². The summed E-state index contributed by atoms with van der Waals surface area (Å²) < 4.78 is 0. The molecule has 2 aromatic rings. The van der Waals surface area contributed by atoms with Crippen molar-refractivity contribution in [3.05, 3.63) is 77.9 Å². The maximum Gasteiger partial charge on any atom is 0.246 e. The first-order valence-electron chi connectivity index (χ1n) is 9.76. The van der Waals surface area contributed by atoms with Crippen molar-refractivity contribution in [1.82, 2.24) is 15.1 Å². The smallest absolute Gasteiger partial charge is 0.246 e. The molecule has 0 unspecified atom stereocenters. The van der Waals surface area contributed by atoms with Crippen LogP contribution in [0.15, 0.2) is 66.7 Å². The fourth-order valence-electron chi connectivity index (χ4n) is 3.21. The second kappa shape index (κ2) is 10.4. The third kappa shape index (κ3) is 6.35. The molecule has 1 N–H and O–H groups in total.